The van der Waals surface area contributed by atoms with Crippen LogP contribution in [-0.4, -0.2) is 40.8 Å². The zero-order valence-corrected chi connectivity index (χ0v) is 16.5. The summed E-state index contributed by atoms with van der Waals surface area (Å²) in [5.74, 6) is 0. The molecule has 0 radical (unpaired) electrons. The topological polar surface area (TPSA) is 80.8 Å². The van der Waals surface area contributed by atoms with Crippen LogP contribution in [-0.2, 0) is 24.3 Å². The first-order chi connectivity index (χ1) is 12.3. The highest BCUT2D eigenvalue weighted by molar-refractivity contribution is 7.89. The molecule has 26 heavy (non-hydrogen) atoms. The molecule has 142 valence electrons. The summed E-state index contributed by atoms with van der Waals surface area (Å²) in [5.41, 5.74) is 0.937. The summed E-state index contributed by atoms with van der Waals surface area (Å²) in [7, 11) is -7.61. The fourth-order valence-electron chi connectivity index (χ4n) is 2.36. The molecule has 0 aromatic heterocycles. The predicted octanol–water partition coefficient (Wildman–Crippen LogP) is 2.80. The maximum atomic E-state index is 12.7. The zero-order valence-electron chi connectivity index (χ0n) is 14.8. The third kappa shape index (κ3) is 5.14. The summed E-state index contributed by atoms with van der Waals surface area (Å²) in [5, 5.41) is 0. The van der Waals surface area contributed by atoms with Gasteiger partial charge in [-0.1, -0.05) is 42.8 Å². The molecule has 0 saturated heterocycles. The third-order valence-electron chi connectivity index (χ3n) is 3.74. The van der Waals surface area contributed by atoms with Crippen molar-refractivity contribution in [2.75, 3.05) is 19.7 Å². The molecule has 0 aliphatic carbocycles. The van der Waals surface area contributed by atoms with Crippen molar-refractivity contribution in [1.29, 1.82) is 0 Å². The van der Waals surface area contributed by atoms with Crippen molar-refractivity contribution in [2.24, 2.45) is 0 Å². The molecule has 0 atom stereocenters. The molecule has 2 aromatic carbocycles. The van der Waals surface area contributed by atoms with Crippen molar-refractivity contribution in [3.8, 4) is 0 Å². The van der Waals surface area contributed by atoms with Crippen LogP contribution in [0.25, 0.3) is 0 Å². The lowest BCUT2D eigenvalue weighted by Gasteiger charge is -2.21. The van der Waals surface area contributed by atoms with E-state index in [9.17, 15) is 16.8 Å². The molecule has 0 unspecified atom stereocenters. The highest BCUT2D eigenvalue weighted by Crippen LogP contribution is 2.17. The van der Waals surface area contributed by atoms with Gasteiger partial charge in [0, 0.05) is 13.1 Å². The number of sulfonamides is 1. The second-order valence-electron chi connectivity index (χ2n) is 5.81. The van der Waals surface area contributed by atoms with Gasteiger partial charge in [-0.05, 0) is 37.6 Å². The second-order valence-corrected chi connectivity index (χ2v) is 9.36. The van der Waals surface area contributed by atoms with E-state index in [0.717, 1.165) is 5.56 Å². The van der Waals surface area contributed by atoms with Crippen molar-refractivity contribution >= 4 is 20.1 Å². The molecule has 0 aliphatic heterocycles. The number of aryl methyl sites for hydroxylation is 1. The largest absolute Gasteiger partial charge is 0.297 e. The van der Waals surface area contributed by atoms with Crippen molar-refractivity contribution in [3.05, 3.63) is 60.2 Å². The lowest BCUT2D eigenvalue weighted by molar-refractivity contribution is 0.275. The molecular weight excluding hydrogens is 374 g/mol. The molecule has 2 rings (SSSR count). The minimum absolute atomic E-state index is 0.0455. The van der Waals surface area contributed by atoms with Crippen molar-refractivity contribution in [3.63, 3.8) is 0 Å². The van der Waals surface area contributed by atoms with Gasteiger partial charge in [0.2, 0.25) is 10.0 Å². The zero-order chi connectivity index (χ0) is 19.2. The number of hydrogen-bond acceptors (Lipinski definition) is 5. The summed E-state index contributed by atoms with van der Waals surface area (Å²) >= 11 is 0. The molecule has 0 heterocycles. The van der Waals surface area contributed by atoms with E-state index in [2.05, 4.69) is 0 Å². The first-order valence-electron chi connectivity index (χ1n) is 8.28. The standard InChI is InChI=1S/C18H23NO5S2/c1-3-13-19(25(20,21)17-7-5-4-6-8-17)14-15-24-26(22,23)18-11-9-16(2)10-12-18/h4-12H,3,13-15H2,1-2H3. The van der Waals surface area contributed by atoms with E-state index in [4.69, 9.17) is 4.18 Å². The Hall–Kier alpha value is -1.74. The van der Waals surface area contributed by atoms with Gasteiger partial charge in [0.05, 0.1) is 16.4 Å². The molecule has 0 saturated carbocycles. The van der Waals surface area contributed by atoms with E-state index in [-0.39, 0.29) is 29.5 Å². The molecule has 0 bridgehead atoms. The summed E-state index contributed by atoms with van der Waals surface area (Å²) in [4.78, 5) is 0.228. The smallest absolute Gasteiger partial charge is 0.265 e. The number of benzene rings is 2. The Morgan fingerprint density at radius 3 is 2.04 bits per heavy atom. The number of rotatable bonds is 9. The van der Waals surface area contributed by atoms with E-state index in [1.807, 2.05) is 13.8 Å². The number of hydrogen-bond donors (Lipinski definition) is 0. The quantitative estimate of drug-likeness (QED) is 0.608. The normalized spacial score (nSPS) is 12.4. The van der Waals surface area contributed by atoms with Crippen LogP contribution in [0.15, 0.2) is 64.4 Å². The minimum Gasteiger partial charge on any atom is -0.265 e. The maximum Gasteiger partial charge on any atom is 0.297 e. The fourth-order valence-corrected chi connectivity index (χ4v) is 4.80. The highest BCUT2D eigenvalue weighted by atomic mass is 32.2. The molecule has 0 spiro atoms. The monoisotopic (exact) mass is 397 g/mol. The van der Waals surface area contributed by atoms with Gasteiger partial charge in [-0.3, -0.25) is 4.18 Å². The van der Waals surface area contributed by atoms with E-state index >= 15 is 0 Å². The van der Waals surface area contributed by atoms with E-state index in [1.54, 1.807) is 30.3 Å². The van der Waals surface area contributed by atoms with Gasteiger partial charge in [0.25, 0.3) is 10.1 Å². The van der Waals surface area contributed by atoms with Crippen LogP contribution in [0.4, 0.5) is 0 Å². The highest BCUT2D eigenvalue weighted by Gasteiger charge is 2.24. The molecule has 8 heteroatoms. The average Bonchev–Trinajstić information content (AvgIpc) is 2.62. The SMILES string of the molecule is CCCN(CCOS(=O)(=O)c1ccc(C)cc1)S(=O)(=O)c1ccccc1. The predicted molar refractivity (Wildman–Crippen MR) is 99.8 cm³/mol. The van der Waals surface area contributed by atoms with Crippen LogP contribution in [0.1, 0.15) is 18.9 Å². The lowest BCUT2D eigenvalue weighted by Crippen LogP contribution is -2.35. The Kier molecular flexibility index (Phi) is 6.94. The fraction of sp³-hybridized carbons (Fsp3) is 0.333. The molecule has 6 nitrogen and oxygen atoms in total. The van der Waals surface area contributed by atoms with Crippen molar-refractivity contribution in [2.45, 2.75) is 30.1 Å². The van der Waals surface area contributed by atoms with Crippen LogP contribution in [0.2, 0.25) is 0 Å². The third-order valence-corrected chi connectivity index (χ3v) is 6.98. The first kappa shape index (κ1) is 20.6. The molecule has 0 N–H and O–H groups in total. The molecule has 0 amide bonds. The summed E-state index contributed by atoms with van der Waals surface area (Å²) in [6.07, 6.45) is 0.608. The Morgan fingerprint density at radius 1 is 0.846 bits per heavy atom. The summed E-state index contributed by atoms with van der Waals surface area (Å²) in [6, 6.07) is 14.4. The van der Waals surface area contributed by atoms with Crippen LogP contribution in [0.5, 0.6) is 0 Å². The number of nitrogens with zero attached hydrogens (tertiary/aromatic N) is 1. The minimum atomic E-state index is -3.92. The van der Waals surface area contributed by atoms with E-state index in [0.29, 0.717) is 6.42 Å². The van der Waals surface area contributed by atoms with E-state index < -0.39 is 20.1 Å². The van der Waals surface area contributed by atoms with Crippen LogP contribution < -0.4 is 0 Å². The first-order valence-corrected chi connectivity index (χ1v) is 11.1. The van der Waals surface area contributed by atoms with Gasteiger partial charge >= 0.3 is 0 Å². The van der Waals surface area contributed by atoms with Crippen molar-refractivity contribution in [1.82, 2.24) is 4.31 Å². The van der Waals surface area contributed by atoms with Crippen molar-refractivity contribution < 1.29 is 21.0 Å². The second kappa shape index (κ2) is 8.77. The molecule has 0 fully saturated rings. The molecule has 2 aromatic rings. The van der Waals surface area contributed by atoms with Crippen LogP contribution in [0, 0.1) is 6.92 Å². The van der Waals surface area contributed by atoms with Gasteiger partial charge in [0.1, 0.15) is 0 Å². The Morgan fingerprint density at radius 2 is 1.46 bits per heavy atom. The van der Waals surface area contributed by atoms with Crippen LogP contribution >= 0.6 is 0 Å². The molecule has 0 aliphatic rings. The van der Waals surface area contributed by atoms with Gasteiger partial charge in [-0.2, -0.15) is 12.7 Å². The van der Waals surface area contributed by atoms with E-state index in [1.165, 1.54) is 28.6 Å². The summed E-state index contributed by atoms with van der Waals surface area (Å²) < 4.78 is 56.1. The maximum absolute atomic E-state index is 12.7. The Labute approximate surface area is 155 Å². The van der Waals surface area contributed by atoms with Gasteiger partial charge in [-0.25, -0.2) is 8.42 Å². The van der Waals surface area contributed by atoms with Gasteiger partial charge in [-0.15, -0.1) is 0 Å². The Balaban J connectivity index is 2.08. The molecular formula is C18H23NO5S2. The lowest BCUT2D eigenvalue weighted by atomic mass is 10.2. The van der Waals surface area contributed by atoms with Crippen LogP contribution in [0.3, 0.4) is 0 Å². The van der Waals surface area contributed by atoms with Gasteiger partial charge in [0.15, 0.2) is 0 Å². The Bertz CT molecular complexity index is 908. The average molecular weight is 398 g/mol. The van der Waals surface area contributed by atoms with Gasteiger partial charge < -0.3 is 0 Å². The summed E-state index contributed by atoms with van der Waals surface area (Å²) in [6.45, 7) is 3.70.